The van der Waals surface area contributed by atoms with Crippen molar-refractivity contribution in [2.45, 2.75) is 12.3 Å². The van der Waals surface area contributed by atoms with Gasteiger partial charge in [-0.2, -0.15) is 0 Å². The summed E-state index contributed by atoms with van der Waals surface area (Å²) in [7, 11) is 0. The van der Waals surface area contributed by atoms with E-state index in [-0.39, 0.29) is 18.7 Å². The summed E-state index contributed by atoms with van der Waals surface area (Å²) in [5.74, 6) is -3.08. The topological polar surface area (TPSA) is 40.5 Å². The number of amides is 1. The van der Waals surface area contributed by atoms with Gasteiger partial charge in [-0.1, -0.05) is 12.1 Å². The maximum atomic E-state index is 13.2. The van der Waals surface area contributed by atoms with Crippen LogP contribution in [-0.2, 0) is 0 Å². The van der Waals surface area contributed by atoms with Gasteiger partial charge >= 0.3 is 0 Å². The Hall–Kier alpha value is -2.17. The molecule has 5 heteroatoms. The van der Waals surface area contributed by atoms with Gasteiger partial charge in [0.05, 0.1) is 6.54 Å². The molecule has 1 aliphatic heterocycles. The molecule has 1 amide bonds. The number of benzene rings is 2. The molecule has 3 nitrogen and oxygen atoms in total. The number of carbonyl (C=O) groups is 1. The van der Waals surface area contributed by atoms with Crippen molar-refractivity contribution in [3.63, 3.8) is 0 Å². The van der Waals surface area contributed by atoms with Crippen LogP contribution >= 0.6 is 0 Å². The van der Waals surface area contributed by atoms with Crippen LogP contribution in [-0.4, -0.2) is 34.9 Å². The molecule has 0 atom stereocenters. The first-order valence-corrected chi connectivity index (χ1v) is 6.35. The van der Waals surface area contributed by atoms with Crippen LogP contribution in [0.15, 0.2) is 36.4 Å². The fourth-order valence-electron chi connectivity index (χ4n) is 2.54. The van der Waals surface area contributed by atoms with E-state index in [4.69, 9.17) is 0 Å². The number of nitrogens with zero attached hydrogens (tertiary/aromatic N) is 1. The summed E-state index contributed by atoms with van der Waals surface area (Å²) in [5, 5.41) is 10.8. The van der Waals surface area contributed by atoms with Crippen molar-refractivity contribution in [2.24, 2.45) is 0 Å². The number of rotatable bonds is 1. The van der Waals surface area contributed by atoms with Crippen LogP contribution in [0.3, 0.4) is 0 Å². The van der Waals surface area contributed by atoms with E-state index in [1.54, 1.807) is 30.3 Å². The highest BCUT2D eigenvalue weighted by molar-refractivity contribution is 6.07. The Labute approximate surface area is 114 Å². The van der Waals surface area contributed by atoms with Crippen LogP contribution in [0.2, 0.25) is 0 Å². The molecule has 0 unspecified atom stereocenters. The summed E-state index contributed by atoms with van der Waals surface area (Å²) in [6.07, 6.45) is -0.287. The molecule has 1 saturated heterocycles. The number of hydrogen-bond acceptors (Lipinski definition) is 2. The first-order valence-electron chi connectivity index (χ1n) is 6.35. The summed E-state index contributed by atoms with van der Waals surface area (Å²) < 4.78 is 26.4. The molecule has 0 aromatic heterocycles. The van der Waals surface area contributed by atoms with E-state index < -0.39 is 18.4 Å². The molecule has 2 aromatic carbocycles. The van der Waals surface area contributed by atoms with E-state index in [1.807, 2.05) is 0 Å². The highest BCUT2D eigenvalue weighted by Gasteiger charge is 2.40. The lowest BCUT2D eigenvalue weighted by atomic mass is 10.0. The number of aromatic hydroxyl groups is 1. The Morgan fingerprint density at radius 3 is 2.75 bits per heavy atom. The summed E-state index contributed by atoms with van der Waals surface area (Å²) >= 11 is 0. The minimum atomic E-state index is -2.79. The number of likely N-dealkylation sites (tertiary alicyclic amines) is 1. The molecule has 0 bridgehead atoms. The largest absolute Gasteiger partial charge is 0.508 e. The Morgan fingerprint density at radius 2 is 2.05 bits per heavy atom. The third kappa shape index (κ3) is 2.19. The molecule has 1 heterocycles. The van der Waals surface area contributed by atoms with Crippen molar-refractivity contribution in [2.75, 3.05) is 13.1 Å². The highest BCUT2D eigenvalue weighted by Crippen LogP contribution is 2.30. The van der Waals surface area contributed by atoms with E-state index >= 15 is 0 Å². The fourth-order valence-corrected chi connectivity index (χ4v) is 2.54. The Bertz CT molecular complexity index is 685. The molecule has 104 valence electrons. The quantitative estimate of drug-likeness (QED) is 0.870. The Kier molecular flexibility index (Phi) is 2.85. The van der Waals surface area contributed by atoms with Crippen LogP contribution in [0, 0.1) is 0 Å². The number of carbonyl (C=O) groups excluding carboxylic acids is 1. The van der Waals surface area contributed by atoms with Crippen molar-refractivity contribution < 1.29 is 18.7 Å². The van der Waals surface area contributed by atoms with Gasteiger partial charge in [0.2, 0.25) is 0 Å². The standard InChI is InChI=1S/C15H13F2NO2/c16-15(17)6-7-18(9-15)14(20)13-3-1-2-10-8-11(19)4-5-12(10)13/h1-5,8,19H,6-7,9H2. The predicted octanol–water partition coefficient (Wildman–Crippen LogP) is 3.03. The smallest absolute Gasteiger partial charge is 0.267 e. The molecule has 0 radical (unpaired) electrons. The number of phenols is 1. The lowest BCUT2D eigenvalue weighted by molar-refractivity contribution is 0.0120. The van der Waals surface area contributed by atoms with Crippen molar-refractivity contribution in [1.82, 2.24) is 4.90 Å². The molecule has 1 aliphatic rings. The second-order valence-corrected chi connectivity index (χ2v) is 5.04. The van der Waals surface area contributed by atoms with E-state index in [1.165, 1.54) is 11.0 Å². The second kappa shape index (κ2) is 4.44. The lowest BCUT2D eigenvalue weighted by Crippen LogP contribution is -2.31. The monoisotopic (exact) mass is 277 g/mol. The van der Waals surface area contributed by atoms with Gasteiger partial charge in [0.1, 0.15) is 5.75 Å². The number of hydrogen-bond donors (Lipinski definition) is 1. The van der Waals surface area contributed by atoms with E-state index in [2.05, 4.69) is 0 Å². The van der Waals surface area contributed by atoms with Gasteiger partial charge < -0.3 is 10.0 Å². The van der Waals surface area contributed by atoms with Gasteiger partial charge in [-0.25, -0.2) is 8.78 Å². The number of fused-ring (bicyclic) bond motifs is 1. The van der Waals surface area contributed by atoms with Crippen LogP contribution < -0.4 is 0 Å². The summed E-state index contributed by atoms with van der Waals surface area (Å²) in [6.45, 7) is -0.458. The Morgan fingerprint density at radius 1 is 1.25 bits per heavy atom. The highest BCUT2D eigenvalue weighted by atomic mass is 19.3. The molecule has 0 saturated carbocycles. The van der Waals surface area contributed by atoms with Gasteiger partial charge in [0.25, 0.3) is 11.8 Å². The Balaban J connectivity index is 2.00. The minimum Gasteiger partial charge on any atom is -0.508 e. The van der Waals surface area contributed by atoms with Crippen LogP contribution in [0.25, 0.3) is 10.8 Å². The number of halogens is 2. The molecule has 0 spiro atoms. The predicted molar refractivity (Wildman–Crippen MR) is 71.1 cm³/mol. The maximum Gasteiger partial charge on any atom is 0.267 e. The van der Waals surface area contributed by atoms with Gasteiger partial charge in [-0.15, -0.1) is 0 Å². The normalized spacial score (nSPS) is 17.6. The summed E-state index contributed by atoms with van der Waals surface area (Å²) in [5.41, 5.74) is 0.389. The molecule has 2 aromatic rings. The van der Waals surface area contributed by atoms with Crippen LogP contribution in [0.5, 0.6) is 5.75 Å². The van der Waals surface area contributed by atoms with Gasteiger partial charge in [0, 0.05) is 18.5 Å². The van der Waals surface area contributed by atoms with E-state index in [9.17, 15) is 18.7 Å². The molecule has 1 N–H and O–H groups in total. The average molecular weight is 277 g/mol. The van der Waals surface area contributed by atoms with E-state index in [0.29, 0.717) is 16.3 Å². The zero-order valence-corrected chi connectivity index (χ0v) is 10.6. The second-order valence-electron chi connectivity index (χ2n) is 5.04. The van der Waals surface area contributed by atoms with Gasteiger partial charge in [-0.3, -0.25) is 4.79 Å². The fraction of sp³-hybridized carbons (Fsp3) is 0.267. The molecule has 0 aliphatic carbocycles. The number of alkyl halides is 2. The van der Waals surface area contributed by atoms with Crippen molar-refractivity contribution >= 4 is 16.7 Å². The van der Waals surface area contributed by atoms with Crippen LogP contribution in [0.1, 0.15) is 16.8 Å². The SMILES string of the molecule is O=C(c1cccc2cc(O)ccc12)N1CCC(F)(F)C1. The molecular formula is C15H13F2NO2. The molecule has 3 rings (SSSR count). The maximum absolute atomic E-state index is 13.2. The third-order valence-electron chi connectivity index (χ3n) is 3.55. The van der Waals surface area contributed by atoms with E-state index in [0.717, 1.165) is 0 Å². The third-order valence-corrected chi connectivity index (χ3v) is 3.55. The van der Waals surface area contributed by atoms with Crippen molar-refractivity contribution in [3.05, 3.63) is 42.0 Å². The van der Waals surface area contributed by atoms with Crippen molar-refractivity contribution in [3.8, 4) is 5.75 Å². The lowest BCUT2D eigenvalue weighted by Gasteiger charge is -2.17. The molecular weight excluding hydrogens is 264 g/mol. The average Bonchev–Trinajstić information content (AvgIpc) is 2.77. The first-order chi connectivity index (χ1) is 9.46. The first kappa shape index (κ1) is 12.8. The minimum absolute atomic E-state index is 0.0697. The van der Waals surface area contributed by atoms with Crippen molar-refractivity contribution in [1.29, 1.82) is 0 Å². The molecule has 20 heavy (non-hydrogen) atoms. The zero-order chi connectivity index (χ0) is 14.3. The van der Waals surface area contributed by atoms with Gasteiger partial charge in [-0.05, 0) is 35.0 Å². The van der Waals surface area contributed by atoms with Crippen LogP contribution in [0.4, 0.5) is 8.78 Å². The van der Waals surface area contributed by atoms with Gasteiger partial charge in [0.15, 0.2) is 0 Å². The summed E-state index contributed by atoms with van der Waals surface area (Å²) in [4.78, 5) is 13.5. The number of phenolic OH excluding ortho intramolecular Hbond substituents is 1. The molecule has 1 fully saturated rings. The summed E-state index contributed by atoms with van der Waals surface area (Å²) in [6, 6.07) is 9.74. The zero-order valence-electron chi connectivity index (χ0n) is 10.6.